The fourth-order valence-electron chi connectivity index (χ4n) is 2.92. The van der Waals surface area contributed by atoms with E-state index in [1.807, 2.05) is 0 Å². The van der Waals surface area contributed by atoms with Gasteiger partial charge in [0.25, 0.3) is 5.13 Å². The summed E-state index contributed by atoms with van der Waals surface area (Å²) >= 11 is 6.13. The van der Waals surface area contributed by atoms with Gasteiger partial charge < -0.3 is 10.5 Å². The summed E-state index contributed by atoms with van der Waals surface area (Å²) in [6, 6.07) is 0. The molecular weight excluding hydrogens is 392 g/mol. The van der Waals surface area contributed by atoms with E-state index in [1.165, 1.54) is 17.2 Å². The van der Waals surface area contributed by atoms with Gasteiger partial charge in [-0.15, -0.1) is 0 Å². The Kier molecular flexibility index (Phi) is 4.22. The van der Waals surface area contributed by atoms with E-state index >= 15 is 4.39 Å². The Morgan fingerprint density at radius 2 is 2.27 bits per heavy atom. The predicted octanol–water partition coefficient (Wildman–Crippen LogP) is 2.16. The number of nitrogen functional groups attached to an aromatic ring is 1. The van der Waals surface area contributed by atoms with Gasteiger partial charge in [-0.25, -0.2) is 23.9 Å². The number of alkyl halides is 2. The Morgan fingerprint density at radius 1 is 1.50 bits per heavy atom. The van der Waals surface area contributed by atoms with Gasteiger partial charge in [0.1, 0.15) is 17.9 Å². The molecule has 2 fully saturated rings. The van der Waals surface area contributed by atoms with Crippen molar-refractivity contribution >= 4 is 36.4 Å². The highest BCUT2D eigenvalue weighted by Crippen LogP contribution is 2.61. The molecule has 0 amide bonds. The van der Waals surface area contributed by atoms with Gasteiger partial charge in [-0.2, -0.15) is 0 Å². The molecule has 0 spiro atoms. The first-order valence-corrected chi connectivity index (χ1v) is 9.63. The van der Waals surface area contributed by atoms with Crippen molar-refractivity contribution < 1.29 is 27.3 Å². The maximum Gasteiger partial charge on any atom is 0.475 e. The summed E-state index contributed by atoms with van der Waals surface area (Å²) in [4.78, 5) is 11.9. The number of nitrogens with zero attached hydrogens (tertiary/aromatic N) is 4. The predicted molar refractivity (Wildman–Crippen MR) is 88.0 cm³/mol. The van der Waals surface area contributed by atoms with Crippen LogP contribution >= 0.6 is 19.4 Å². The van der Waals surface area contributed by atoms with Crippen LogP contribution in [-0.4, -0.2) is 49.6 Å². The summed E-state index contributed by atoms with van der Waals surface area (Å²) in [5, 5.41) is -2.57. The Balaban J connectivity index is 1.68. The molecule has 2 N–H and O–H groups in total. The van der Waals surface area contributed by atoms with Crippen molar-refractivity contribution in [2.45, 2.75) is 43.5 Å². The quantitative estimate of drug-likeness (QED) is 0.602. The van der Waals surface area contributed by atoms with E-state index in [4.69, 9.17) is 35.6 Å². The van der Waals surface area contributed by atoms with Crippen LogP contribution in [0.15, 0.2) is 12.7 Å². The Labute approximate surface area is 152 Å². The molecule has 5 atom stereocenters. The van der Waals surface area contributed by atoms with Crippen LogP contribution in [0.1, 0.15) is 20.1 Å². The molecule has 0 bridgehead atoms. The molecule has 2 saturated heterocycles. The summed E-state index contributed by atoms with van der Waals surface area (Å²) < 4.78 is 50.5. The van der Waals surface area contributed by atoms with Crippen LogP contribution in [0, 0.1) is 0 Å². The number of fused-ring (bicyclic) bond motifs is 2. The van der Waals surface area contributed by atoms with Crippen molar-refractivity contribution in [3.05, 3.63) is 12.7 Å². The van der Waals surface area contributed by atoms with Gasteiger partial charge in [-0.3, -0.25) is 18.1 Å². The number of phosphoric ester groups is 1. The molecular formula is C13H16ClFN5O5P. The number of imidazole rings is 1. The number of halogens is 2. The SMILES string of the molecule is CC(C)OP1(=O)OCC2OC(n3cnc4c(N)ncnc43)C(F)(Cl)C2O1. The number of anilines is 1. The summed E-state index contributed by atoms with van der Waals surface area (Å²) in [6.45, 7) is 3.10. The molecule has 4 heterocycles. The van der Waals surface area contributed by atoms with Gasteiger partial charge in [0.2, 0.25) is 0 Å². The standard InChI is InChI=1S/C13H16ClFN5O5P/c1-6(2)24-26(21)22-3-7-9(25-26)13(14,15)12(23-7)20-5-19-8-10(16)17-4-18-11(8)20/h4-7,9,12H,3H2,1-2H3,(H2,16,17,18). The average molecular weight is 408 g/mol. The maximum atomic E-state index is 15.4. The van der Waals surface area contributed by atoms with Gasteiger partial charge in [0.05, 0.1) is 19.0 Å². The first-order chi connectivity index (χ1) is 12.2. The fourth-order valence-corrected chi connectivity index (χ4v) is 4.91. The lowest BCUT2D eigenvalue weighted by molar-refractivity contribution is -0.0733. The molecule has 0 saturated carbocycles. The van der Waals surface area contributed by atoms with Crippen LogP contribution in [0.5, 0.6) is 0 Å². The van der Waals surface area contributed by atoms with Crippen molar-refractivity contribution in [2.24, 2.45) is 0 Å². The molecule has 0 radical (unpaired) electrons. The van der Waals surface area contributed by atoms with Crippen LogP contribution in [0.3, 0.4) is 0 Å². The third kappa shape index (κ3) is 2.79. The number of hydrogen-bond acceptors (Lipinski definition) is 9. The van der Waals surface area contributed by atoms with Crippen LogP contribution < -0.4 is 5.73 Å². The van der Waals surface area contributed by atoms with E-state index in [9.17, 15) is 4.57 Å². The third-order valence-electron chi connectivity index (χ3n) is 3.97. The highest BCUT2D eigenvalue weighted by molar-refractivity contribution is 7.48. The second-order valence-electron chi connectivity index (χ2n) is 6.21. The second-order valence-corrected chi connectivity index (χ2v) is 8.36. The Morgan fingerprint density at radius 3 is 3.00 bits per heavy atom. The number of aromatic nitrogens is 4. The lowest BCUT2D eigenvalue weighted by Gasteiger charge is -2.33. The number of phosphoric acid groups is 1. The Hall–Kier alpha value is -1.36. The summed E-state index contributed by atoms with van der Waals surface area (Å²) in [7, 11) is -3.95. The molecule has 142 valence electrons. The minimum Gasteiger partial charge on any atom is -0.382 e. The average Bonchev–Trinajstić information content (AvgIpc) is 3.07. The van der Waals surface area contributed by atoms with Crippen LogP contribution in [-0.2, 0) is 22.9 Å². The molecule has 10 nitrogen and oxygen atoms in total. The molecule has 4 rings (SSSR count). The summed E-state index contributed by atoms with van der Waals surface area (Å²) in [5.41, 5.74) is 6.27. The van der Waals surface area contributed by atoms with Crippen LogP contribution in [0.25, 0.3) is 11.2 Å². The van der Waals surface area contributed by atoms with Gasteiger partial charge in [-0.1, -0.05) is 11.6 Å². The molecule has 0 aliphatic carbocycles. The monoisotopic (exact) mass is 407 g/mol. The van der Waals surface area contributed by atoms with Crippen molar-refractivity contribution in [3.63, 3.8) is 0 Å². The number of rotatable bonds is 3. The first-order valence-electron chi connectivity index (χ1n) is 7.79. The van der Waals surface area contributed by atoms with Gasteiger partial charge in [-0.05, 0) is 13.8 Å². The van der Waals surface area contributed by atoms with E-state index in [0.29, 0.717) is 0 Å². The number of hydrogen-bond donors (Lipinski definition) is 1. The minimum atomic E-state index is -3.95. The zero-order chi connectivity index (χ0) is 18.7. The fraction of sp³-hybridized carbons (Fsp3) is 0.615. The highest BCUT2D eigenvalue weighted by Gasteiger charge is 2.63. The van der Waals surface area contributed by atoms with E-state index in [1.54, 1.807) is 13.8 Å². The zero-order valence-electron chi connectivity index (χ0n) is 13.8. The highest BCUT2D eigenvalue weighted by atomic mass is 35.5. The van der Waals surface area contributed by atoms with Crippen molar-refractivity contribution in [2.75, 3.05) is 12.3 Å². The largest absolute Gasteiger partial charge is 0.475 e. The van der Waals surface area contributed by atoms with Gasteiger partial charge >= 0.3 is 7.82 Å². The zero-order valence-corrected chi connectivity index (χ0v) is 15.4. The molecule has 5 unspecified atom stereocenters. The smallest absolute Gasteiger partial charge is 0.382 e. The molecule has 2 aromatic heterocycles. The van der Waals surface area contributed by atoms with Crippen molar-refractivity contribution in [1.82, 2.24) is 19.5 Å². The topological polar surface area (TPSA) is 124 Å². The minimum absolute atomic E-state index is 0.137. The lowest BCUT2D eigenvalue weighted by Crippen LogP contribution is -2.43. The van der Waals surface area contributed by atoms with Gasteiger partial charge in [0.15, 0.2) is 23.8 Å². The maximum absolute atomic E-state index is 15.4. The van der Waals surface area contributed by atoms with Crippen LogP contribution in [0.4, 0.5) is 10.2 Å². The molecule has 26 heavy (non-hydrogen) atoms. The van der Waals surface area contributed by atoms with E-state index in [-0.39, 0.29) is 23.6 Å². The van der Waals surface area contributed by atoms with Crippen molar-refractivity contribution in [3.8, 4) is 0 Å². The number of nitrogens with two attached hydrogens (primary N) is 1. The molecule has 2 aromatic rings. The van der Waals surface area contributed by atoms with E-state index in [0.717, 1.165) is 0 Å². The summed E-state index contributed by atoms with van der Waals surface area (Å²) in [6.07, 6.45) is -1.55. The normalized spacial score (nSPS) is 37.3. The Bertz CT molecular complexity index is 895. The molecule has 2 aliphatic rings. The molecule has 2 aliphatic heterocycles. The summed E-state index contributed by atoms with van der Waals surface area (Å²) in [5.74, 6) is 0.137. The van der Waals surface area contributed by atoms with E-state index < -0.39 is 37.5 Å². The van der Waals surface area contributed by atoms with Crippen molar-refractivity contribution in [1.29, 1.82) is 0 Å². The second kappa shape index (κ2) is 6.08. The molecule has 13 heteroatoms. The first kappa shape index (κ1) is 18.0. The lowest BCUT2D eigenvalue weighted by atomic mass is 10.1. The van der Waals surface area contributed by atoms with Gasteiger partial charge in [0, 0.05) is 0 Å². The van der Waals surface area contributed by atoms with Crippen LogP contribution in [0.2, 0.25) is 0 Å². The van der Waals surface area contributed by atoms with E-state index in [2.05, 4.69) is 15.0 Å². The molecule has 0 aromatic carbocycles. The third-order valence-corrected chi connectivity index (χ3v) is 6.00. The number of ether oxygens (including phenoxy) is 1.